The lowest BCUT2D eigenvalue weighted by Crippen LogP contribution is -2.26. The van der Waals surface area contributed by atoms with E-state index < -0.39 is 11.9 Å². The van der Waals surface area contributed by atoms with Crippen molar-refractivity contribution < 1.29 is 19.4 Å². The van der Waals surface area contributed by atoms with Crippen LogP contribution < -0.4 is 9.47 Å². The molecule has 2 rings (SSSR count). The molecule has 1 aliphatic heterocycles. The molecule has 0 saturated carbocycles. The van der Waals surface area contributed by atoms with Gasteiger partial charge >= 0.3 is 5.97 Å². The van der Waals surface area contributed by atoms with Gasteiger partial charge in [0, 0.05) is 5.41 Å². The number of hydrogen-bond acceptors (Lipinski definition) is 3. The second kappa shape index (κ2) is 4.76. The number of fused-ring (bicyclic) bond motifs is 1. The summed E-state index contributed by atoms with van der Waals surface area (Å²) in [7, 11) is 0. The predicted octanol–water partition coefficient (Wildman–Crippen LogP) is 2.98. The van der Waals surface area contributed by atoms with Crippen molar-refractivity contribution in [3.05, 3.63) is 23.3 Å². The summed E-state index contributed by atoms with van der Waals surface area (Å²) in [4.78, 5) is 11.1. The number of carbonyl (C=O) groups is 1. The lowest BCUT2D eigenvalue weighted by molar-refractivity contribution is -0.138. The third kappa shape index (κ3) is 2.83. The highest BCUT2D eigenvalue weighted by Gasteiger charge is 2.27. The average molecular weight is 264 g/mol. The van der Waals surface area contributed by atoms with Gasteiger partial charge in [0.2, 0.25) is 0 Å². The molecule has 1 heterocycles. The van der Waals surface area contributed by atoms with Gasteiger partial charge in [-0.3, -0.25) is 4.79 Å². The Labute approximate surface area is 113 Å². The molecule has 0 radical (unpaired) electrons. The minimum absolute atomic E-state index is 0.0501. The van der Waals surface area contributed by atoms with Crippen LogP contribution in [0.3, 0.4) is 0 Å². The first-order valence-corrected chi connectivity index (χ1v) is 6.43. The number of ether oxygens (including phenoxy) is 2. The Kier molecular flexibility index (Phi) is 3.43. The first-order chi connectivity index (χ1) is 8.80. The van der Waals surface area contributed by atoms with Crippen molar-refractivity contribution >= 4 is 5.97 Å². The average Bonchev–Trinajstić information content (AvgIpc) is 2.47. The molecule has 0 spiro atoms. The predicted molar refractivity (Wildman–Crippen MR) is 72.0 cm³/mol. The number of aliphatic carboxylic acids is 1. The zero-order valence-corrected chi connectivity index (χ0v) is 11.8. The summed E-state index contributed by atoms with van der Waals surface area (Å²) in [5.41, 5.74) is 1.64. The van der Waals surface area contributed by atoms with Gasteiger partial charge in [0.15, 0.2) is 11.5 Å². The number of aryl methyl sites for hydroxylation is 1. The molecule has 0 aliphatic carbocycles. The molecule has 1 aromatic carbocycles. The van der Waals surface area contributed by atoms with E-state index in [4.69, 9.17) is 14.6 Å². The summed E-state index contributed by atoms with van der Waals surface area (Å²) < 4.78 is 11.5. The summed E-state index contributed by atoms with van der Waals surface area (Å²) in [6, 6.07) is 3.66. The topological polar surface area (TPSA) is 55.8 Å². The SMILES string of the molecule is Cc1cc2c(cc1C(C)C(=O)O)OCC(C)(C)CO2. The van der Waals surface area contributed by atoms with E-state index in [9.17, 15) is 4.79 Å². The first kappa shape index (κ1) is 13.7. The summed E-state index contributed by atoms with van der Waals surface area (Å²) in [5, 5.41) is 9.13. The Morgan fingerprint density at radius 1 is 1.26 bits per heavy atom. The molecule has 1 aliphatic rings. The molecule has 0 amide bonds. The van der Waals surface area contributed by atoms with E-state index in [1.54, 1.807) is 13.0 Å². The van der Waals surface area contributed by atoms with Gasteiger partial charge in [-0.25, -0.2) is 0 Å². The van der Waals surface area contributed by atoms with Crippen molar-refractivity contribution in [2.75, 3.05) is 13.2 Å². The minimum Gasteiger partial charge on any atom is -0.489 e. The molecular formula is C15H20O4. The van der Waals surface area contributed by atoms with Crippen LogP contribution in [0.15, 0.2) is 12.1 Å². The maximum absolute atomic E-state index is 11.1. The largest absolute Gasteiger partial charge is 0.489 e. The van der Waals surface area contributed by atoms with Crippen molar-refractivity contribution in [1.82, 2.24) is 0 Å². The van der Waals surface area contributed by atoms with Crippen LogP contribution >= 0.6 is 0 Å². The van der Waals surface area contributed by atoms with E-state index in [1.165, 1.54) is 0 Å². The summed E-state index contributed by atoms with van der Waals surface area (Å²) in [6.45, 7) is 8.88. The van der Waals surface area contributed by atoms with E-state index >= 15 is 0 Å². The van der Waals surface area contributed by atoms with Gasteiger partial charge in [-0.15, -0.1) is 0 Å². The molecule has 0 aromatic heterocycles. The number of rotatable bonds is 2. The third-order valence-electron chi connectivity index (χ3n) is 3.41. The van der Waals surface area contributed by atoms with Crippen LogP contribution in [-0.4, -0.2) is 24.3 Å². The van der Waals surface area contributed by atoms with Crippen LogP contribution in [0.25, 0.3) is 0 Å². The van der Waals surface area contributed by atoms with Crippen LogP contribution in [-0.2, 0) is 4.79 Å². The van der Waals surface area contributed by atoms with Crippen molar-refractivity contribution in [2.24, 2.45) is 5.41 Å². The fourth-order valence-corrected chi connectivity index (χ4v) is 2.09. The Balaban J connectivity index is 2.39. The lowest BCUT2D eigenvalue weighted by atomic mass is 9.96. The maximum Gasteiger partial charge on any atom is 0.310 e. The second-order valence-corrected chi connectivity index (χ2v) is 5.96. The number of hydrogen-bond donors (Lipinski definition) is 1. The molecule has 1 unspecified atom stereocenters. The van der Waals surface area contributed by atoms with Crippen LogP contribution in [0.1, 0.15) is 37.8 Å². The highest BCUT2D eigenvalue weighted by Crippen LogP contribution is 2.37. The minimum atomic E-state index is -0.835. The summed E-state index contributed by atoms with van der Waals surface area (Å²) >= 11 is 0. The van der Waals surface area contributed by atoms with E-state index in [2.05, 4.69) is 13.8 Å². The highest BCUT2D eigenvalue weighted by atomic mass is 16.5. The molecule has 4 nitrogen and oxygen atoms in total. The van der Waals surface area contributed by atoms with Crippen LogP contribution in [0.5, 0.6) is 11.5 Å². The zero-order valence-electron chi connectivity index (χ0n) is 11.8. The second-order valence-electron chi connectivity index (χ2n) is 5.96. The van der Waals surface area contributed by atoms with Gasteiger partial charge in [-0.05, 0) is 37.1 Å². The molecule has 104 valence electrons. The summed E-state index contributed by atoms with van der Waals surface area (Å²) in [5.74, 6) is -0.0493. The highest BCUT2D eigenvalue weighted by molar-refractivity contribution is 5.76. The molecular weight excluding hydrogens is 244 g/mol. The van der Waals surface area contributed by atoms with Gasteiger partial charge in [0.05, 0.1) is 19.1 Å². The van der Waals surface area contributed by atoms with E-state index in [0.717, 1.165) is 11.1 Å². The Bertz CT molecular complexity index is 505. The number of benzene rings is 1. The van der Waals surface area contributed by atoms with Gasteiger partial charge in [-0.2, -0.15) is 0 Å². The fourth-order valence-electron chi connectivity index (χ4n) is 2.09. The molecule has 4 heteroatoms. The number of carboxylic acids is 1. The third-order valence-corrected chi connectivity index (χ3v) is 3.41. The van der Waals surface area contributed by atoms with E-state index in [1.807, 2.05) is 13.0 Å². The Hall–Kier alpha value is -1.71. The van der Waals surface area contributed by atoms with Gasteiger partial charge in [0.25, 0.3) is 0 Å². The first-order valence-electron chi connectivity index (χ1n) is 6.43. The van der Waals surface area contributed by atoms with Crippen molar-refractivity contribution in [1.29, 1.82) is 0 Å². The van der Waals surface area contributed by atoms with Gasteiger partial charge < -0.3 is 14.6 Å². The van der Waals surface area contributed by atoms with Gasteiger partial charge in [0.1, 0.15) is 0 Å². The monoisotopic (exact) mass is 264 g/mol. The van der Waals surface area contributed by atoms with Crippen LogP contribution in [0, 0.1) is 12.3 Å². The fraction of sp³-hybridized carbons (Fsp3) is 0.533. The lowest BCUT2D eigenvalue weighted by Gasteiger charge is -2.19. The van der Waals surface area contributed by atoms with E-state index in [0.29, 0.717) is 24.7 Å². The standard InChI is InChI=1S/C15H20O4/c1-9-5-12-13(6-11(9)10(2)14(16)17)19-8-15(3,4)7-18-12/h5-6,10H,7-8H2,1-4H3,(H,16,17). The normalized spacial score (nSPS) is 18.5. The van der Waals surface area contributed by atoms with Crippen molar-refractivity contribution in [3.8, 4) is 11.5 Å². The van der Waals surface area contributed by atoms with Crippen molar-refractivity contribution in [3.63, 3.8) is 0 Å². The van der Waals surface area contributed by atoms with Crippen LogP contribution in [0.4, 0.5) is 0 Å². The molecule has 0 saturated heterocycles. The molecule has 0 fully saturated rings. The zero-order chi connectivity index (χ0) is 14.2. The maximum atomic E-state index is 11.1. The van der Waals surface area contributed by atoms with Gasteiger partial charge in [-0.1, -0.05) is 13.8 Å². The molecule has 1 atom stereocenters. The van der Waals surface area contributed by atoms with E-state index in [-0.39, 0.29) is 5.41 Å². The molecule has 1 aromatic rings. The van der Waals surface area contributed by atoms with Crippen LogP contribution in [0.2, 0.25) is 0 Å². The Morgan fingerprint density at radius 3 is 2.32 bits per heavy atom. The molecule has 0 bridgehead atoms. The summed E-state index contributed by atoms with van der Waals surface area (Å²) in [6.07, 6.45) is 0. The van der Waals surface area contributed by atoms with Crippen molar-refractivity contribution in [2.45, 2.75) is 33.6 Å². The molecule has 1 N–H and O–H groups in total. The smallest absolute Gasteiger partial charge is 0.310 e. The Morgan fingerprint density at radius 2 is 1.79 bits per heavy atom. The molecule has 19 heavy (non-hydrogen) atoms. The quantitative estimate of drug-likeness (QED) is 0.892. The number of carboxylic acid groups (broad SMARTS) is 1.